The summed E-state index contributed by atoms with van der Waals surface area (Å²) < 4.78 is 14.3. The van der Waals surface area contributed by atoms with Crippen LogP contribution in [0.15, 0.2) is 23.0 Å². The molecule has 1 unspecified atom stereocenters. The number of rotatable bonds is 11. The van der Waals surface area contributed by atoms with Gasteiger partial charge in [0.15, 0.2) is 0 Å². The second kappa shape index (κ2) is 12.5. The maximum Gasteiger partial charge on any atom is 0.407 e. The van der Waals surface area contributed by atoms with Gasteiger partial charge in [0, 0.05) is 26.5 Å². The van der Waals surface area contributed by atoms with Gasteiger partial charge in [0.2, 0.25) is 17.7 Å². The molecule has 0 saturated carbocycles. The van der Waals surface area contributed by atoms with E-state index < -0.39 is 35.6 Å². The first-order chi connectivity index (χ1) is 18.3. The highest BCUT2D eigenvalue weighted by atomic mass is 16.6. The third kappa shape index (κ3) is 7.92. The smallest absolute Gasteiger partial charge is 0.407 e. The number of fused-ring (bicyclic) bond motifs is 1. The summed E-state index contributed by atoms with van der Waals surface area (Å²) >= 11 is 0. The van der Waals surface area contributed by atoms with E-state index in [1.807, 2.05) is 25.1 Å². The van der Waals surface area contributed by atoms with E-state index in [2.05, 4.69) is 10.6 Å². The Morgan fingerprint density at radius 3 is 2.56 bits per heavy atom. The predicted molar refractivity (Wildman–Crippen MR) is 144 cm³/mol. The summed E-state index contributed by atoms with van der Waals surface area (Å²) in [7, 11) is 1.66. The fraction of sp³-hybridized carbons (Fsp3) is 0.593. The minimum atomic E-state index is -0.726. The molecule has 214 valence electrons. The second-order valence-corrected chi connectivity index (χ2v) is 10.9. The highest BCUT2D eigenvalue weighted by molar-refractivity contribution is 6.00. The molecule has 0 spiro atoms. The zero-order valence-electron chi connectivity index (χ0n) is 23.2. The van der Waals surface area contributed by atoms with E-state index in [-0.39, 0.29) is 37.0 Å². The molecule has 0 aliphatic carbocycles. The highest BCUT2D eigenvalue weighted by Gasteiger charge is 2.31. The number of aryl methyl sites for hydroxylation is 2. The van der Waals surface area contributed by atoms with E-state index in [4.69, 9.17) is 15.2 Å². The highest BCUT2D eigenvalue weighted by Crippen LogP contribution is 2.24. The van der Waals surface area contributed by atoms with E-state index in [0.29, 0.717) is 36.9 Å². The number of benzene rings is 1. The van der Waals surface area contributed by atoms with Gasteiger partial charge in [0.1, 0.15) is 11.6 Å². The number of amides is 4. The fourth-order valence-corrected chi connectivity index (χ4v) is 4.64. The standard InChI is InChI=1S/C27H39N5O7/c1-16(18(9-12-22(28)33)29-25(36)39-27(2,3)4)38-14-6-7-17-8-10-19-21(15-17)31(5)26(37)32(19)20-11-13-23(34)30-24(20)35/h8,10,15-16,18,20H,6-7,9,11-14H2,1-5H3,(H2,28,33)(H,29,36)(H,30,34,35)/t16-,18+,20?/m1/s1. The summed E-state index contributed by atoms with van der Waals surface area (Å²) in [6.07, 6.45) is 1.27. The van der Waals surface area contributed by atoms with Gasteiger partial charge in [-0.3, -0.25) is 28.8 Å². The predicted octanol–water partition coefficient (Wildman–Crippen LogP) is 1.81. The van der Waals surface area contributed by atoms with Crippen molar-refractivity contribution in [2.75, 3.05) is 6.61 Å². The molecule has 1 aromatic carbocycles. The monoisotopic (exact) mass is 545 g/mol. The lowest BCUT2D eigenvalue weighted by atomic mass is 10.0. The van der Waals surface area contributed by atoms with E-state index >= 15 is 0 Å². The third-order valence-electron chi connectivity index (χ3n) is 6.64. The van der Waals surface area contributed by atoms with E-state index in [1.165, 1.54) is 9.13 Å². The zero-order chi connectivity index (χ0) is 28.9. The molecular formula is C27H39N5O7. The largest absolute Gasteiger partial charge is 0.444 e. The Hall–Kier alpha value is -3.67. The van der Waals surface area contributed by atoms with Crippen LogP contribution in [0.5, 0.6) is 0 Å². The molecule has 0 bridgehead atoms. The number of piperidine rings is 1. The first kappa shape index (κ1) is 29.9. The maximum absolute atomic E-state index is 12.9. The number of ether oxygens (including phenoxy) is 2. The van der Waals surface area contributed by atoms with Gasteiger partial charge in [-0.2, -0.15) is 0 Å². The van der Waals surface area contributed by atoms with Crippen LogP contribution in [0.3, 0.4) is 0 Å². The molecule has 4 amide bonds. The molecule has 3 atom stereocenters. The number of carbonyl (C=O) groups is 4. The van der Waals surface area contributed by atoms with Gasteiger partial charge in [-0.25, -0.2) is 9.59 Å². The van der Waals surface area contributed by atoms with Crippen molar-refractivity contribution < 1.29 is 28.7 Å². The van der Waals surface area contributed by atoms with Gasteiger partial charge in [-0.15, -0.1) is 0 Å². The van der Waals surface area contributed by atoms with Crippen molar-refractivity contribution in [3.05, 3.63) is 34.2 Å². The van der Waals surface area contributed by atoms with Crippen LogP contribution in [-0.4, -0.2) is 57.3 Å². The van der Waals surface area contributed by atoms with Gasteiger partial charge in [-0.1, -0.05) is 6.07 Å². The van der Waals surface area contributed by atoms with Crippen LogP contribution in [0.4, 0.5) is 4.79 Å². The molecular weight excluding hydrogens is 506 g/mol. The van der Waals surface area contributed by atoms with Crippen molar-refractivity contribution in [2.45, 2.75) is 90.0 Å². The number of nitrogens with two attached hydrogens (primary N) is 1. The number of hydrogen-bond acceptors (Lipinski definition) is 7. The van der Waals surface area contributed by atoms with Crippen LogP contribution in [-0.2, 0) is 37.3 Å². The summed E-state index contributed by atoms with van der Waals surface area (Å²) in [4.78, 5) is 60.4. The first-order valence-electron chi connectivity index (χ1n) is 13.2. The Morgan fingerprint density at radius 1 is 1.21 bits per heavy atom. The molecule has 2 heterocycles. The minimum absolute atomic E-state index is 0.103. The van der Waals surface area contributed by atoms with Crippen LogP contribution in [0.2, 0.25) is 0 Å². The second-order valence-electron chi connectivity index (χ2n) is 10.9. The summed E-state index contributed by atoms with van der Waals surface area (Å²) in [6.45, 7) is 7.53. The topological polar surface area (TPSA) is 164 Å². The number of imidazole rings is 1. The van der Waals surface area contributed by atoms with Gasteiger partial charge >= 0.3 is 11.8 Å². The van der Waals surface area contributed by atoms with Crippen LogP contribution in [0, 0.1) is 0 Å². The molecule has 1 aliphatic rings. The number of imide groups is 1. The molecule has 0 radical (unpaired) electrons. The maximum atomic E-state index is 12.9. The molecule has 1 fully saturated rings. The molecule has 12 nitrogen and oxygen atoms in total. The molecule has 2 aromatic rings. The van der Waals surface area contributed by atoms with Crippen molar-refractivity contribution in [1.29, 1.82) is 0 Å². The first-order valence-corrected chi connectivity index (χ1v) is 13.2. The number of alkyl carbamates (subject to hydrolysis) is 1. The normalized spacial score (nSPS) is 17.5. The summed E-state index contributed by atoms with van der Waals surface area (Å²) in [5.41, 5.74) is 6.65. The van der Waals surface area contributed by atoms with Crippen molar-refractivity contribution in [2.24, 2.45) is 12.8 Å². The number of hydrogen-bond donors (Lipinski definition) is 3. The van der Waals surface area contributed by atoms with E-state index in [0.717, 1.165) is 5.56 Å². The lowest BCUT2D eigenvalue weighted by Gasteiger charge is -2.27. The van der Waals surface area contributed by atoms with Gasteiger partial charge in [0.05, 0.1) is 23.2 Å². The number of primary amides is 1. The SMILES string of the molecule is C[C@@H](OCCCc1ccc2c(c1)n(C)c(=O)n2C1CCC(=O)NC1=O)[C@H](CCC(N)=O)NC(=O)OC(C)(C)C. The molecule has 4 N–H and O–H groups in total. The molecule has 3 rings (SSSR count). The molecule has 12 heteroatoms. The number of carbonyl (C=O) groups excluding carboxylic acids is 4. The Bertz CT molecular complexity index is 1290. The fourth-order valence-electron chi connectivity index (χ4n) is 4.64. The minimum Gasteiger partial charge on any atom is -0.444 e. The summed E-state index contributed by atoms with van der Waals surface area (Å²) in [6, 6.07) is 4.47. The summed E-state index contributed by atoms with van der Waals surface area (Å²) in [5.74, 6) is -1.26. The molecule has 1 aliphatic heterocycles. The average Bonchev–Trinajstić information content (AvgIpc) is 3.07. The third-order valence-corrected chi connectivity index (χ3v) is 6.64. The van der Waals surface area contributed by atoms with E-state index in [9.17, 15) is 24.0 Å². The summed E-state index contributed by atoms with van der Waals surface area (Å²) in [5, 5.41) is 5.09. The average molecular weight is 546 g/mol. The number of nitrogens with one attached hydrogen (secondary N) is 2. The van der Waals surface area contributed by atoms with Gasteiger partial charge in [0.25, 0.3) is 0 Å². The van der Waals surface area contributed by atoms with Crippen LogP contribution >= 0.6 is 0 Å². The van der Waals surface area contributed by atoms with Gasteiger partial charge < -0.3 is 20.5 Å². The van der Waals surface area contributed by atoms with Crippen LogP contribution < -0.4 is 22.1 Å². The lowest BCUT2D eigenvalue weighted by Crippen LogP contribution is -2.46. The van der Waals surface area contributed by atoms with Crippen LogP contribution in [0.1, 0.15) is 71.4 Å². The van der Waals surface area contributed by atoms with Crippen molar-refractivity contribution in [3.8, 4) is 0 Å². The number of aromatic nitrogens is 2. The Morgan fingerprint density at radius 2 is 1.92 bits per heavy atom. The lowest BCUT2D eigenvalue weighted by molar-refractivity contribution is -0.135. The Kier molecular flexibility index (Phi) is 9.54. The molecule has 39 heavy (non-hydrogen) atoms. The Labute approximate surface area is 227 Å². The molecule has 1 saturated heterocycles. The number of nitrogens with zero attached hydrogens (tertiary/aromatic N) is 2. The van der Waals surface area contributed by atoms with Crippen molar-refractivity contribution in [1.82, 2.24) is 19.8 Å². The van der Waals surface area contributed by atoms with Crippen molar-refractivity contribution in [3.63, 3.8) is 0 Å². The zero-order valence-corrected chi connectivity index (χ0v) is 23.2. The van der Waals surface area contributed by atoms with E-state index in [1.54, 1.807) is 27.8 Å². The Balaban J connectivity index is 1.61. The molecule has 1 aromatic heterocycles. The van der Waals surface area contributed by atoms with Crippen molar-refractivity contribution >= 4 is 34.8 Å². The quantitative estimate of drug-likeness (QED) is 0.286. The van der Waals surface area contributed by atoms with Gasteiger partial charge in [-0.05, 0) is 71.1 Å². The van der Waals surface area contributed by atoms with Crippen LogP contribution in [0.25, 0.3) is 11.0 Å².